The van der Waals surface area contributed by atoms with Crippen LogP contribution in [-0.2, 0) is 0 Å². The molecule has 0 aliphatic heterocycles. The van der Waals surface area contributed by atoms with Gasteiger partial charge >= 0.3 is 0 Å². The lowest BCUT2D eigenvalue weighted by atomic mass is 10.1. The van der Waals surface area contributed by atoms with E-state index in [1.165, 1.54) is 5.56 Å². The molecule has 3 aromatic rings. The number of rotatable bonds is 2. The Morgan fingerprint density at radius 2 is 2.05 bits per heavy atom. The van der Waals surface area contributed by atoms with Gasteiger partial charge in [-0.25, -0.2) is 0 Å². The number of aromatic nitrogens is 3. The second-order valence-electron chi connectivity index (χ2n) is 5.01. The van der Waals surface area contributed by atoms with Gasteiger partial charge in [0.15, 0.2) is 4.77 Å². The summed E-state index contributed by atoms with van der Waals surface area (Å²) in [7, 11) is 0. The second kappa shape index (κ2) is 4.03. The maximum Gasteiger partial charge on any atom is 0.178 e. The predicted molar refractivity (Wildman–Crippen MR) is 77.8 cm³/mol. The molecule has 1 N–H and O–H groups in total. The van der Waals surface area contributed by atoms with E-state index < -0.39 is 0 Å². The van der Waals surface area contributed by atoms with Gasteiger partial charge in [0.25, 0.3) is 0 Å². The van der Waals surface area contributed by atoms with E-state index in [9.17, 15) is 0 Å². The van der Waals surface area contributed by atoms with Crippen molar-refractivity contribution in [3.8, 4) is 0 Å². The molecule has 2 unspecified atom stereocenters. The maximum absolute atomic E-state index is 5.45. The van der Waals surface area contributed by atoms with Crippen molar-refractivity contribution in [2.45, 2.75) is 18.4 Å². The fourth-order valence-corrected chi connectivity index (χ4v) is 3.18. The molecule has 0 saturated heterocycles. The molecule has 94 valence electrons. The molecule has 1 saturated carbocycles. The van der Waals surface area contributed by atoms with Crippen LogP contribution in [0.25, 0.3) is 11.0 Å². The third-order valence-electron chi connectivity index (χ3n) is 3.83. The third kappa shape index (κ3) is 1.71. The molecule has 1 fully saturated rings. The number of fused-ring (bicyclic) bond motifs is 1. The SMILES string of the molecule is S=c1[nH]c2cnccc2n1C1CC1c1ccccc1. The molecule has 4 heteroatoms. The molecule has 1 aliphatic carbocycles. The van der Waals surface area contributed by atoms with Crippen molar-refractivity contribution < 1.29 is 0 Å². The standard InChI is InChI=1S/C15H13N3S/c19-15-17-12-9-16-7-6-13(12)18(15)14-8-11(14)10-4-2-1-3-5-10/h1-7,9,11,14H,8H2,(H,17,19). The van der Waals surface area contributed by atoms with Gasteiger partial charge in [0.05, 0.1) is 17.2 Å². The Morgan fingerprint density at radius 3 is 2.89 bits per heavy atom. The molecular weight excluding hydrogens is 254 g/mol. The fraction of sp³-hybridized carbons (Fsp3) is 0.200. The summed E-state index contributed by atoms with van der Waals surface area (Å²) >= 11 is 5.45. The van der Waals surface area contributed by atoms with Crippen LogP contribution in [0.4, 0.5) is 0 Å². The van der Waals surface area contributed by atoms with Gasteiger partial charge in [-0.3, -0.25) is 4.98 Å². The summed E-state index contributed by atoms with van der Waals surface area (Å²) < 4.78 is 3.04. The molecule has 1 aliphatic rings. The Kier molecular flexibility index (Phi) is 2.32. The number of nitrogens with one attached hydrogen (secondary N) is 1. The molecule has 2 aromatic heterocycles. The predicted octanol–water partition coefficient (Wildman–Crippen LogP) is 3.82. The molecule has 19 heavy (non-hydrogen) atoms. The highest BCUT2D eigenvalue weighted by atomic mass is 32.1. The molecule has 2 heterocycles. The second-order valence-corrected chi connectivity index (χ2v) is 5.40. The van der Waals surface area contributed by atoms with Gasteiger partial charge in [-0.1, -0.05) is 30.3 Å². The van der Waals surface area contributed by atoms with Crippen LogP contribution >= 0.6 is 12.2 Å². The van der Waals surface area contributed by atoms with Gasteiger partial charge in [-0.2, -0.15) is 0 Å². The van der Waals surface area contributed by atoms with Gasteiger partial charge in [-0.15, -0.1) is 0 Å². The van der Waals surface area contributed by atoms with Crippen molar-refractivity contribution in [3.63, 3.8) is 0 Å². The van der Waals surface area contributed by atoms with Crippen molar-refractivity contribution in [3.05, 3.63) is 59.1 Å². The molecule has 0 radical (unpaired) electrons. The lowest BCUT2D eigenvalue weighted by Crippen LogP contribution is -1.96. The molecule has 0 amide bonds. The van der Waals surface area contributed by atoms with Crippen LogP contribution in [0.3, 0.4) is 0 Å². The van der Waals surface area contributed by atoms with Crippen molar-refractivity contribution in [1.29, 1.82) is 0 Å². The number of H-pyrrole nitrogens is 1. The van der Waals surface area contributed by atoms with Crippen LogP contribution in [0.1, 0.15) is 23.9 Å². The van der Waals surface area contributed by atoms with Crippen molar-refractivity contribution in [2.24, 2.45) is 0 Å². The number of hydrogen-bond donors (Lipinski definition) is 1. The minimum absolute atomic E-state index is 0.478. The number of imidazole rings is 1. The number of pyridine rings is 1. The highest BCUT2D eigenvalue weighted by Gasteiger charge is 2.40. The summed E-state index contributed by atoms with van der Waals surface area (Å²) in [4.78, 5) is 7.37. The summed E-state index contributed by atoms with van der Waals surface area (Å²) in [5.41, 5.74) is 3.58. The first-order valence-corrected chi connectivity index (χ1v) is 6.84. The van der Waals surface area contributed by atoms with Crippen LogP contribution in [0.2, 0.25) is 0 Å². The number of nitrogens with zero attached hydrogens (tertiary/aromatic N) is 2. The highest BCUT2D eigenvalue weighted by molar-refractivity contribution is 7.71. The summed E-state index contributed by atoms with van der Waals surface area (Å²) in [6.45, 7) is 0. The first-order chi connectivity index (χ1) is 9.34. The average Bonchev–Trinajstić information content (AvgIpc) is 3.15. The van der Waals surface area contributed by atoms with Gasteiger partial charge < -0.3 is 9.55 Å². The van der Waals surface area contributed by atoms with Crippen LogP contribution in [0.15, 0.2) is 48.8 Å². The monoisotopic (exact) mass is 267 g/mol. The summed E-state index contributed by atoms with van der Waals surface area (Å²) in [6, 6.07) is 13.2. The molecule has 3 nitrogen and oxygen atoms in total. The fourth-order valence-electron chi connectivity index (χ4n) is 2.83. The topological polar surface area (TPSA) is 33.6 Å². The van der Waals surface area contributed by atoms with E-state index >= 15 is 0 Å². The minimum atomic E-state index is 0.478. The first-order valence-electron chi connectivity index (χ1n) is 6.44. The van der Waals surface area contributed by atoms with Crippen molar-refractivity contribution >= 4 is 23.3 Å². The molecular formula is C15H13N3S. The van der Waals surface area contributed by atoms with Crippen molar-refractivity contribution in [1.82, 2.24) is 14.5 Å². The van der Waals surface area contributed by atoms with Gasteiger partial charge in [0.2, 0.25) is 0 Å². The van der Waals surface area contributed by atoms with E-state index in [0.717, 1.165) is 22.2 Å². The summed E-state index contributed by atoms with van der Waals surface area (Å²) in [6.07, 6.45) is 4.82. The van der Waals surface area contributed by atoms with Gasteiger partial charge in [0, 0.05) is 18.2 Å². The van der Waals surface area contributed by atoms with Crippen LogP contribution in [0.5, 0.6) is 0 Å². The summed E-state index contributed by atoms with van der Waals surface area (Å²) in [5, 5.41) is 0. The highest BCUT2D eigenvalue weighted by Crippen LogP contribution is 2.52. The van der Waals surface area contributed by atoms with E-state index in [-0.39, 0.29) is 0 Å². The quantitative estimate of drug-likeness (QED) is 0.716. The lowest BCUT2D eigenvalue weighted by Gasteiger charge is -2.04. The Balaban J connectivity index is 1.78. The third-order valence-corrected chi connectivity index (χ3v) is 4.13. The Labute approximate surface area is 115 Å². The van der Waals surface area contributed by atoms with Crippen LogP contribution in [0, 0.1) is 4.77 Å². The van der Waals surface area contributed by atoms with E-state index in [1.807, 2.05) is 18.5 Å². The van der Waals surface area contributed by atoms with Crippen molar-refractivity contribution in [2.75, 3.05) is 0 Å². The zero-order chi connectivity index (χ0) is 12.8. The average molecular weight is 267 g/mol. The van der Waals surface area contributed by atoms with Crippen LogP contribution < -0.4 is 0 Å². The minimum Gasteiger partial charge on any atom is -0.329 e. The largest absolute Gasteiger partial charge is 0.329 e. The molecule has 0 spiro atoms. The Hall–Kier alpha value is -1.94. The number of aromatic amines is 1. The smallest absolute Gasteiger partial charge is 0.178 e. The Morgan fingerprint density at radius 1 is 1.21 bits per heavy atom. The maximum atomic E-state index is 5.45. The van der Waals surface area contributed by atoms with Gasteiger partial charge in [0.1, 0.15) is 0 Å². The normalized spacial score (nSPS) is 21.7. The van der Waals surface area contributed by atoms with E-state index in [4.69, 9.17) is 12.2 Å². The number of benzene rings is 1. The Bertz CT molecular complexity index is 788. The molecule has 1 aromatic carbocycles. The van der Waals surface area contributed by atoms with E-state index in [1.54, 1.807) is 0 Å². The lowest BCUT2D eigenvalue weighted by molar-refractivity contribution is 0.728. The zero-order valence-corrected chi connectivity index (χ0v) is 11.1. The van der Waals surface area contributed by atoms with E-state index in [0.29, 0.717) is 12.0 Å². The molecule has 0 bridgehead atoms. The zero-order valence-electron chi connectivity index (χ0n) is 10.3. The summed E-state index contributed by atoms with van der Waals surface area (Å²) in [5.74, 6) is 0.583. The van der Waals surface area contributed by atoms with E-state index in [2.05, 4.69) is 44.9 Å². The van der Waals surface area contributed by atoms with Crippen LogP contribution in [-0.4, -0.2) is 14.5 Å². The van der Waals surface area contributed by atoms with Gasteiger partial charge in [-0.05, 0) is 30.3 Å². The number of hydrogen-bond acceptors (Lipinski definition) is 2. The molecule has 2 atom stereocenters. The molecule has 4 rings (SSSR count). The first kappa shape index (κ1) is 10.9.